The van der Waals surface area contributed by atoms with Crippen molar-refractivity contribution in [3.05, 3.63) is 47.9 Å². The molecule has 3 heterocycles. The van der Waals surface area contributed by atoms with Crippen LogP contribution >= 0.6 is 0 Å². The molecule has 3 aromatic rings. The molecule has 0 bridgehead atoms. The second-order valence-electron chi connectivity index (χ2n) is 7.40. The van der Waals surface area contributed by atoms with Gasteiger partial charge in [-0.2, -0.15) is 10.4 Å². The number of amides is 2. The number of hydrogen-bond acceptors (Lipinski definition) is 7. The zero-order chi connectivity index (χ0) is 22.1. The quantitative estimate of drug-likeness (QED) is 0.647. The van der Waals surface area contributed by atoms with Crippen molar-refractivity contribution < 1.29 is 14.3 Å². The number of fused-ring (bicyclic) bond motifs is 1. The van der Waals surface area contributed by atoms with Gasteiger partial charge in [-0.3, -0.25) is 19.3 Å². The molecule has 31 heavy (non-hydrogen) atoms. The molecule has 3 N–H and O–H groups in total. The van der Waals surface area contributed by atoms with Gasteiger partial charge in [0.1, 0.15) is 6.07 Å². The number of aryl methyl sites for hydroxylation is 1. The lowest BCUT2D eigenvalue weighted by Gasteiger charge is -2.38. The number of carbonyl (C=O) groups is 2. The molecule has 2 amide bonds. The third-order valence-electron chi connectivity index (χ3n) is 5.08. The lowest BCUT2D eigenvalue weighted by Crippen LogP contribution is -2.51. The minimum Gasteiger partial charge on any atom is -0.365 e. The Labute approximate surface area is 178 Å². The molecule has 10 nitrogen and oxygen atoms in total. The van der Waals surface area contributed by atoms with E-state index in [0.29, 0.717) is 17.6 Å². The molecule has 0 spiro atoms. The average molecular weight is 419 g/mol. The molecule has 0 aliphatic carbocycles. The maximum absolute atomic E-state index is 12.9. The van der Waals surface area contributed by atoms with Crippen molar-refractivity contribution in [1.82, 2.24) is 14.8 Å². The summed E-state index contributed by atoms with van der Waals surface area (Å²) >= 11 is 0. The highest BCUT2D eigenvalue weighted by Crippen LogP contribution is 2.30. The standard InChI is InChI=1S/C21H21N7O3/c1-12-9-28(16-6-5-13(8-22)18-14(16)4-3-7-24-18)11-17(31-12)21(30)25-15-10-27(2)26-19(15)20(23)29/h3-7,10,12,17H,9,11H2,1-2H3,(H2,23,29)(H,25,30)/t12-,17-/m1/s1. The number of nitriles is 1. The minimum atomic E-state index is -0.785. The summed E-state index contributed by atoms with van der Waals surface area (Å²) in [4.78, 5) is 30.9. The van der Waals surface area contributed by atoms with E-state index in [2.05, 4.69) is 21.5 Å². The Kier molecular flexibility index (Phi) is 5.27. The Bertz CT molecular complexity index is 1210. The van der Waals surface area contributed by atoms with Crippen LogP contribution < -0.4 is 16.0 Å². The first kappa shape index (κ1) is 20.3. The van der Waals surface area contributed by atoms with Crippen LogP contribution in [0.15, 0.2) is 36.7 Å². The first-order valence-electron chi connectivity index (χ1n) is 9.70. The lowest BCUT2D eigenvalue weighted by molar-refractivity contribution is -0.131. The number of primary amides is 1. The number of aromatic nitrogens is 3. The number of pyridine rings is 1. The molecule has 0 unspecified atom stereocenters. The van der Waals surface area contributed by atoms with Crippen molar-refractivity contribution in [1.29, 1.82) is 5.26 Å². The first-order valence-corrected chi connectivity index (χ1v) is 9.70. The highest BCUT2D eigenvalue weighted by atomic mass is 16.5. The number of morpholine rings is 1. The Morgan fingerprint density at radius 3 is 2.87 bits per heavy atom. The molecule has 2 atom stereocenters. The monoisotopic (exact) mass is 419 g/mol. The van der Waals surface area contributed by atoms with Gasteiger partial charge >= 0.3 is 0 Å². The smallest absolute Gasteiger partial charge is 0.271 e. The molecular weight excluding hydrogens is 398 g/mol. The van der Waals surface area contributed by atoms with Gasteiger partial charge in [-0.25, -0.2) is 0 Å². The van der Waals surface area contributed by atoms with E-state index >= 15 is 0 Å². The first-order chi connectivity index (χ1) is 14.9. The van der Waals surface area contributed by atoms with E-state index in [1.54, 1.807) is 19.3 Å². The number of benzene rings is 1. The molecule has 10 heteroatoms. The highest BCUT2D eigenvalue weighted by Gasteiger charge is 2.32. The van der Waals surface area contributed by atoms with Crippen molar-refractivity contribution >= 4 is 34.1 Å². The summed E-state index contributed by atoms with van der Waals surface area (Å²) in [7, 11) is 1.63. The number of rotatable bonds is 4. The summed E-state index contributed by atoms with van der Waals surface area (Å²) in [5, 5.41) is 16.9. The Morgan fingerprint density at radius 2 is 2.13 bits per heavy atom. The zero-order valence-corrected chi connectivity index (χ0v) is 17.1. The van der Waals surface area contributed by atoms with Crippen LogP contribution in [0.3, 0.4) is 0 Å². The number of nitrogens with two attached hydrogens (primary N) is 1. The predicted octanol–water partition coefficient (Wildman–Crippen LogP) is 1.17. The maximum Gasteiger partial charge on any atom is 0.271 e. The van der Waals surface area contributed by atoms with Crippen LogP contribution in [-0.4, -0.2) is 51.9 Å². The Balaban J connectivity index is 1.61. The number of hydrogen-bond donors (Lipinski definition) is 2. The number of nitrogens with one attached hydrogen (secondary N) is 1. The Morgan fingerprint density at radius 1 is 1.32 bits per heavy atom. The fourth-order valence-electron chi connectivity index (χ4n) is 3.79. The third kappa shape index (κ3) is 3.91. The van der Waals surface area contributed by atoms with E-state index in [0.717, 1.165) is 11.1 Å². The summed E-state index contributed by atoms with van der Waals surface area (Å²) in [6.07, 6.45) is 2.15. The highest BCUT2D eigenvalue weighted by molar-refractivity contribution is 6.03. The molecule has 1 saturated heterocycles. The molecule has 2 aromatic heterocycles. The Hall–Kier alpha value is -3.97. The molecule has 4 rings (SSSR count). The molecule has 1 aromatic carbocycles. The van der Waals surface area contributed by atoms with Crippen LogP contribution in [0.1, 0.15) is 23.0 Å². The number of ether oxygens (including phenoxy) is 1. The van der Waals surface area contributed by atoms with E-state index < -0.39 is 17.9 Å². The summed E-state index contributed by atoms with van der Waals surface area (Å²) in [5.74, 6) is -1.13. The SMILES string of the molecule is C[C@@H]1CN(c2ccc(C#N)c3ncccc23)C[C@H](C(=O)Nc2cn(C)nc2C(N)=O)O1. The summed E-state index contributed by atoms with van der Waals surface area (Å²) in [6, 6.07) is 9.48. The molecular formula is C21H21N7O3. The van der Waals surface area contributed by atoms with E-state index in [-0.39, 0.29) is 24.0 Å². The van der Waals surface area contributed by atoms with Gasteiger partial charge in [0.2, 0.25) is 0 Å². The van der Waals surface area contributed by atoms with Crippen LogP contribution in [0.4, 0.5) is 11.4 Å². The van der Waals surface area contributed by atoms with E-state index in [1.165, 1.54) is 10.9 Å². The van der Waals surface area contributed by atoms with Gasteiger partial charge in [-0.15, -0.1) is 0 Å². The van der Waals surface area contributed by atoms with E-state index in [4.69, 9.17) is 10.5 Å². The number of carbonyl (C=O) groups excluding carboxylic acids is 2. The van der Waals surface area contributed by atoms with Crippen LogP contribution in [0.25, 0.3) is 10.9 Å². The average Bonchev–Trinajstić information content (AvgIpc) is 3.12. The topological polar surface area (TPSA) is 139 Å². The van der Waals surface area contributed by atoms with Gasteiger partial charge in [0.25, 0.3) is 11.8 Å². The van der Waals surface area contributed by atoms with Crippen molar-refractivity contribution in [3.63, 3.8) is 0 Å². The maximum atomic E-state index is 12.9. The molecule has 0 radical (unpaired) electrons. The van der Waals surface area contributed by atoms with Gasteiger partial charge in [0, 0.05) is 37.1 Å². The van der Waals surface area contributed by atoms with Crippen molar-refractivity contribution in [3.8, 4) is 6.07 Å². The van der Waals surface area contributed by atoms with Gasteiger partial charge in [-0.05, 0) is 31.2 Å². The third-order valence-corrected chi connectivity index (χ3v) is 5.08. The number of nitrogens with zero attached hydrogens (tertiary/aromatic N) is 5. The molecule has 1 fully saturated rings. The molecule has 1 aliphatic rings. The zero-order valence-electron chi connectivity index (χ0n) is 17.1. The van der Waals surface area contributed by atoms with Crippen LogP contribution in [0, 0.1) is 11.3 Å². The second-order valence-corrected chi connectivity index (χ2v) is 7.40. The summed E-state index contributed by atoms with van der Waals surface area (Å²) in [5.41, 5.74) is 7.54. The van der Waals surface area contributed by atoms with E-state index in [9.17, 15) is 14.9 Å². The number of anilines is 2. The minimum absolute atomic E-state index is 0.0132. The predicted molar refractivity (Wildman–Crippen MR) is 113 cm³/mol. The largest absolute Gasteiger partial charge is 0.365 e. The lowest BCUT2D eigenvalue weighted by atomic mass is 10.1. The van der Waals surface area contributed by atoms with Gasteiger partial charge in [-0.1, -0.05) is 0 Å². The van der Waals surface area contributed by atoms with E-state index in [1.807, 2.05) is 30.0 Å². The summed E-state index contributed by atoms with van der Waals surface area (Å²) in [6.45, 7) is 2.74. The van der Waals surface area contributed by atoms with Crippen LogP contribution in [-0.2, 0) is 16.6 Å². The van der Waals surface area contributed by atoms with Gasteiger partial charge in [0.05, 0.1) is 29.4 Å². The summed E-state index contributed by atoms with van der Waals surface area (Å²) < 4.78 is 7.28. The fraction of sp³-hybridized carbons (Fsp3) is 0.286. The van der Waals surface area contributed by atoms with Gasteiger partial charge in [0.15, 0.2) is 11.8 Å². The van der Waals surface area contributed by atoms with Crippen LogP contribution in [0.5, 0.6) is 0 Å². The van der Waals surface area contributed by atoms with Crippen molar-refractivity contribution in [2.45, 2.75) is 19.1 Å². The second kappa shape index (κ2) is 8.04. The molecule has 158 valence electrons. The van der Waals surface area contributed by atoms with Crippen molar-refractivity contribution in [2.24, 2.45) is 12.8 Å². The molecule has 1 aliphatic heterocycles. The fourth-order valence-corrected chi connectivity index (χ4v) is 3.79. The van der Waals surface area contributed by atoms with Crippen LogP contribution in [0.2, 0.25) is 0 Å². The van der Waals surface area contributed by atoms with Gasteiger partial charge < -0.3 is 20.7 Å². The van der Waals surface area contributed by atoms with Crippen molar-refractivity contribution in [2.75, 3.05) is 23.3 Å². The molecule has 0 saturated carbocycles. The normalized spacial score (nSPS) is 18.5.